The first-order valence-corrected chi connectivity index (χ1v) is 7.83. The van der Waals surface area contributed by atoms with Crippen molar-refractivity contribution in [3.05, 3.63) is 58.0 Å². The molecule has 25 heavy (non-hydrogen) atoms. The molecule has 0 fully saturated rings. The van der Waals surface area contributed by atoms with Crippen molar-refractivity contribution in [2.45, 2.75) is 26.9 Å². The molecule has 1 amide bonds. The third-order valence-corrected chi connectivity index (χ3v) is 3.94. The molecule has 0 saturated carbocycles. The number of carbonyl (C=O) groups is 1. The zero-order chi connectivity index (χ0) is 18.0. The Labute approximate surface area is 142 Å². The molecule has 2 heterocycles. The van der Waals surface area contributed by atoms with E-state index in [1.165, 1.54) is 23.0 Å². The average Bonchev–Trinajstić information content (AvgIpc) is 2.97. The lowest BCUT2D eigenvalue weighted by Gasteiger charge is -2.21. The van der Waals surface area contributed by atoms with E-state index in [0.717, 1.165) is 0 Å². The van der Waals surface area contributed by atoms with Crippen molar-refractivity contribution >= 4 is 17.0 Å². The van der Waals surface area contributed by atoms with Gasteiger partial charge in [-0.1, -0.05) is 17.3 Å². The van der Waals surface area contributed by atoms with Crippen LogP contribution in [0.2, 0.25) is 0 Å². The van der Waals surface area contributed by atoms with E-state index < -0.39 is 0 Å². The molecule has 7 nitrogen and oxygen atoms in total. The molecule has 0 aliphatic carbocycles. The quantitative estimate of drug-likeness (QED) is 0.706. The van der Waals surface area contributed by atoms with Crippen LogP contribution in [0.3, 0.4) is 0 Å². The molecule has 3 rings (SSSR count). The van der Waals surface area contributed by atoms with E-state index in [1.807, 2.05) is 6.92 Å². The van der Waals surface area contributed by atoms with E-state index in [1.54, 1.807) is 24.0 Å². The molecule has 0 N–H and O–H groups in total. The van der Waals surface area contributed by atoms with Crippen LogP contribution in [0.25, 0.3) is 11.1 Å². The monoisotopic (exact) mass is 344 g/mol. The number of likely N-dealkylation sites (N-methyl/N-ethyl adjacent to an activating group) is 1. The number of hydrogen-bond acceptors (Lipinski definition) is 5. The normalized spacial score (nSPS) is 11.0. The zero-order valence-electron chi connectivity index (χ0n) is 13.9. The summed E-state index contributed by atoms with van der Waals surface area (Å²) in [6.45, 7) is 4.01. The molecule has 0 radical (unpaired) electrons. The van der Waals surface area contributed by atoms with E-state index in [4.69, 9.17) is 4.52 Å². The molecule has 1 aromatic carbocycles. The van der Waals surface area contributed by atoms with Crippen LogP contribution in [0, 0.1) is 12.7 Å². The van der Waals surface area contributed by atoms with E-state index in [0.29, 0.717) is 17.8 Å². The summed E-state index contributed by atoms with van der Waals surface area (Å²) in [6, 6.07) is 6.08. The van der Waals surface area contributed by atoms with E-state index >= 15 is 0 Å². The van der Waals surface area contributed by atoms with Crippen molar-refractivity contribution in [2.75, 3.05) is 6.54 Å². The number of aryl methyl sites for hydroxylation is 1. The molecule has 0 atom stereocenters. The summed E-state index contributed by atoms with van der Waals surface area (Å²) >= 11 is 0. The van der Waals surface area contributed by atoms with Gasteiger partial charge >= 0.3 is 0 Å². The van der Waals surface area contributed by atoms with E-state index in [9.17, 15) is 14.0 Å². The second kappa shape index (κ2) is 6.84. The molecule has 3 aromatic rings. The number of rotatable bonds is 5. The predicted octanol–water partition coefficient (Wildman–Crippen LogP) is 1.88. The standard InChI is InChI=1S/C17H17FN4O3/c1-3-21(8-12-5-4-6-13(18)7-12)14(23)9-22-10-19-16-15(17(22)24)11(2)20-25-16/h4-7,10H,3,8-9H2,1-2H3. The molecule has 0 spiro atoms. The summed E-state index contributed by atoms with van der Waals surface area (Å²) in [5.74, 6) is -0.612. The van der Waals surface area contributed by atoms with Gasteiger partial charge in [-0.3, -0.25) is 14.2 Å². The maximum atomic E-state index is 13.3. The van der Waals surface area contributed by atoms with Crippen LogP contribution in [-0.2, 0) is 17.9 Å². The molecule has 0 unspecified atom stereocenters. The molecule has 0 saturated heterocycles. The zero-order valence-corrected chi connectivity index (χ0v) is 13.9. The highest BCUT2D eigenvalue weighted by Gasteiger charge is 2.17. The summed E-state index contributed by atoms with van der Waals surface area (Å²) in [4.78, 5) is 30.6. The molecule has 0 aliphatic rings. The second-order valence-corrected chi connectivity index (χ2v) is 5.66. The van der Waals surface area contributed by atoms with Gasteiger partial charge in [-0.25, -0.2) is 9.37 Å². The second-order valence-electron chi connectivity index (χ2n) is 5.66. The number of nitrogens with zero attached hydrogens (tertiary/aromatic N) is 4. The predicted molar refractivity (Wildman–Crippen MR) is 88.3 cm³/mol. The summed E-state index contributed by atoms with van der Waals surface area (Å²) < 4.78 is 19.5. The van der Waals surface area contributed by atoms with Gasteiger partial charge in [0.1, 0.15) is 24.1 Å². The van der Waals surface area contributed by atoms with Crippen molar-refractivity contribution < 1.29 is 13.7 Å². The molecule has 0 aliphatic heterocycles. The Balaban J connectivity index is 1.81. The smallest absolute Gasteiger partial charge is 0.267 e. The fourth-order valence-electron chi connectivity index (χ4n) is 2.60. The van der Waals surface area contributed by atoms with Crippen LogP contribution >= 0.6 is 0 Å². The van der Waals surface area contributed by atoms with Gasteiger partial charge in [-0.05, 0) is 31.5 Å². The summed E-state index contributed by atoms with van der Waals surface area (Å²) in [5, 5.41) is 3.98. The lowest BCUT2D eigenvalue weighted by molar-refractivity contribution is -0.132. The number of carbonyl (C=O) groups excluding carboxylic acids is 1. The third-order valence-electron chi connectivity index (χ3n) is 3.94. The van der Waals surface area contributed by atoms with Crippen LogP contribution in [0.1, 0.15) is 18.2 Å². The maximum Gasteiger partial charge on any atom is 0.267 e. The summed E-state index contributed by atoms with van der Waals surface area (Å²) in [7, 11) is 0. The SMILES string of the molecule is CCN(Cc1cccc(F)c1)C(=O)Cn1cnc2onc(C)c2c1=O. The molecule has 0 bridgehead atoms. The first kappa shape index (κ1) is 16.8. The van der Waals surface area contributed by atoms with Gasteiger partial charge < -0.3 is 9.42 Å². The highest BCUT2D eigenvalue weighted by molar-refractivity contribution is 5.77. The van der Waals surface area contributed by atoms with Crippen molar-refractivity contribution in [1.82, 2.24) is 19.6 Å². The Morgan fingerprint density at radius 3 is 2.92 bits per heavy atom. The van der Waals surface area contributed by atoms with Crippen LogP contribution in [0.4, 0.5) is 4.39 Å². The van der Waals surface area contributed by atoms with Crippen molar-refractivity contribution in [3.63, 3.8) is 0 Å². The minimum atomic E-state index is -0.376. The largest absolute Gasteiger partial charge is 0.337 e. The minimum Gasteiger partial charge on any atom is -0.337 e. The average molecular weight is 344 g/mol. The highest BCUT2D eigenvalue weighted by Crippen LogP contribution is 2.11. The molecular weight excluding hydrogens is 327 g/mol. The number of halogens is 1. The van der Waals surface area contributed by atoms with Crippen molar-refractivity contribution in [1.29, 1.82) is 0 Å². The maximum absolute atomic E-state index is 13.3. The van der Waals surface area contributed by atoms with Gasteiger partial charge in [0.05, 0.1) is 5.69 Å². The van der Waals surface area contributed by atoms with Crippen molar-refractivity contribution in [2.24, 2.45) is 0 Å². The number of benzene rings is 1. The summed E-state index contributed by atoms with van der Waals surface area (Å²) in [6.07, 6.45) is 1.27. The number of fused-ring (bicyclic) bond motifs is 1. The fraction of sp³-hybridized carbons (Fsp3) is 0.294. The Kier molecular flexibility index (Phi) is 4.60. The van der Waals surface area contributed by atoms with Gasteiger partial charge in [0.2, 0.25) is 5.91 Å². The first-order chi connectivity index (χ1) is 12.0. The molecule has 130 valence electrons. The molecular formula is C17H17FN4O3. The lowest BCUT2D eigenvalue weighted by atomic mass is 10.2. The Morgan fingerprint density at radius 1 is 1.40 bits per heavy atom. The van der Waals surface area contributed by atoms with Gasteiger partial charge in [0.15, 0.2) is 0 Å². The Morgan fingerprint density at radius 2 is 2.20 bits per heavy atom. The van der Waals surface area contributed by atoms with Gasteiger partial charge in [-0.2, -0.15) is 0 Å². The van der Waals surface area contributed by atoms with E-state index in [2.05, 4.69) is 10.1 Å². The van der Waals surface area contributed by atoms with Crippen molar-refractivity contribution in [3.8, 4) is 0 Å². The number of hydrogen-bond donors (Lipinski definition) is 0. The van der Waals surface area contributed by atoms with Crippen LogP contribution in [0.5, 0.6) is 0 Å². The van der Waals surface area contributed by atoms with Gasteiger partial charge in [0, 0.05) is 13.1 Å². The Bertz CT molecular complexity index is 979. The molecule has 2 aromatic heterocycles. The lowest BCUT2D eigenvalue weighted by Crippen LogP contribution is -2.36. The topological polar surface area (TPSA) is 81.2 Å². The van der Waals surface area contributed by atoms with Crippen LogP contribution in [-0.4, -0.2) is 32.1 Å². The van der Waals surface area contributed by atoms with Crippen LogP contribution < -0.4 is 5.56 Å². The van der Waals surface area contributed by atoms with Gasteiger partial charge in [-0.15, -0.1) is 0 Å². The van der Waals surface area contributed by atoms with Crippen LogP contribution in [0.15, 0.2) is 39.9 Å². The minimum absolute atomic E-state index is 0.151. The number of aromatic nitrogens is 3. The van der Waals surface area contributed by atoms with E-state index in [-0.39, 0.29) is 41.5 Å². The number of amides is 1. The first-order valence-electron chi connectivity index (χ1n) is 7.83. The van der Waals surface area contributed by atoms with Gasteiger partial charge in [0.25, 0.3) is 11.3 Å². The fourth-order valence-corrected chi connectivity index (χ4v) is 2.60. The summed E-state index contributed by atoms with van der Waals surface area (Å²) in [5.41, 5.74) is 0.893. The third kappa shape index (κ3) is 3.42. The Hall–Kier alpha value is -3.03. The highest BCUT2D eigenvalue weighted by atomic mass is 19.1. The molecule has 8 heteroatoms.